The Morgan fingerprint density at radius 1 is 1.32 bits per heavy atom. The van der Waals surface area contributed by atoms with E-state index in [2.05, 4.69) is 10.3 Å². The van der Waals surface area contributed by atoms with Crippen LogP contribution in [0.4, 0.5) is 8.87 Å². The predicted molar refractivity (Wildman–Crippen MR) is 76.9 cm³/mol. The third-order valence-electron chi connectivity index (χ3n) is 4.15. The summed E-state index contributed by atoms with van der Waals surface area (Å²) in [6.07, 6.45) is 1.45. The van der Waals surface area contributed by atoms with E-state index >= 15 is 0 Å². The molecule has 0 spiro atoms. The maximum absolute atomic E-state index is 14.0. The molecule has 1 unspecified atom stereocenters. The number of alkyl halides is 1. The number of halogens is 2. The lowest BCUT2D eigenvalue weighted by Crippen LogP contribution is -2.35. The number of nitrogens with zero attached hydrogens (tertiary/aromatic N) is 4. The van der Waals surface area contributed by atoms with Crippen LogP contribution < -0.4 is 0 Å². The van der Waals surface area contributed by atoms with Crippen molar-refractivity contribution in [2.24, 2.45) is 0 Å². The molecule has 0 amide bonds. The molecule has 2 aromatic rings. The molecular formula is C15H18F2N4O. The number of benzene rings is 1. The van der Waals surface area contributed by atoms with Gasteiger partial charge in [-0.25, -0.2) is 4.39 Å². The van der Waals surface area contributed by atoms with Gasteiger partial charge in [0.2, 0.25) is 0 Å². The van der Waals surface area contributed by atoms with Crippen LogP contribution in [0.2, 0.25) is 0 Å². The van der Waals surface area contributed by atoms with Gasteiger partial charge in [-0.1, -0.05) is 21.5 Å². The molecule has 118 valence electrons. The van der Waals surface area contributed by atoms with Crippen LogP contribution in [0.3, 0.4) is 0 Å². The fourth-order valence-corrected chi connectivity index (χ4v) is 2.95. The van der Waals surface area contributed by atoms with Crippen LogP contribution >= 0.6 is 0 Å². The minimum Gasteiger partial charge on any atom is -0.508 e. The summed E-state index contributed by atoms with van der Waals surface area (Å²) in [5.74, 6) is 0.659. The lowest BCUT2D eigenvalue weighted by Gasteiger charge is -2.32. The summed E-state index contributed by atoms with van der Waals surface area (Å²) in [6, 6.07) is 7.30. The Morgan fingerprint density at radius 3 is 2.73 bits per heavy atom. The van der Waals surface area contributed by atoms with Crippen molar-refractivity contribution in [3.05, 3.63) is 41.7 Å². The van der Waals surface area contributed by atoms with Crippen molar-refractivity contribution < 1.29 is 14.0 Å². The normalized spacial score (nSPS) is 18.5. The molecule has 0 bridgehead atoms. The van der Waals surface area contributed by atoms with E-state index in [1.165, 1.54) is 0 Å². The fraction of sp³-hybridized carbons (Fsp3) is 0.467. The maximum Gasteiger partial charge on any atom is 0.158 e. The van der Waals surface area contributed by atoms with Gasteiger partial charge < -0.3 is 5.11 Å². The first-order valence-corrected chi connectivity index (χ1v) is 7.35. The molecule has 0 radical (unpaired) electrons. The molecule has 1 aliphatic rings. The molecule has 5 nitrogen and oxygen atoms in total. The quantitative estimate of drug-likeness (QED) is 0.943. The maximum atomic E-state index is 14.0. The van der Waals surface area contributed by atoms with Gasteiger partial charge in [0, 0.05) is 6.54 Å². The number of aromatic hydroxyl groups is 1. The van der Waals surface area contributed by atoms with Gasteiger partial charge in [-0.3, -0.25) is 4.90 Å². The molecule has 1 fully saturated rings. The Hall–Kier alpha value is -2.02. The van der Waals surface area contributed by atoms with Gasteiger partial charge >= 0.3 is 0 Å². The monoisotopic (exact) mass is 308 g/mol. The van der Waals surface area contributed by atoms with E-state index in [9.17, 15) is 14.0 Å². The number of hydrogen-bond acceptors (Lipinski definition) is 4. The minimum absolute atomic E-state index is 0.0238. The fourth-order valence-electron chi connectivity index (χ4n) is 2.95. The van der Waals surface area contributed by atoms with Crippen molar-refractivity contribution in [3.8, 4) is 5.75 Å². The van der Waals surface area contributed by atoms with Crippen LogP contribution in [0.1, 0.15) is 36.2 Å². The Labute approximate surface area is 127 Å². The molecule has 3 rings (SSSR count). The average molecular weight is 308 g/mol. The van der Waals surface area contributed by atoms with Crippen LogP contribution in [0, 0.1) is 0 Å². The second-order valence-electron chi connectivity index (χ2n) is 5.67. The third-order valence-corrected chi connectivity index (χ3v) is 4.15. The number of phenols is 1. The summed E-state index contributed by atoms with van der Waals surface area (Å²) >= 11 is 0. The number of phenolic OH excluding ortho intramolecular Hbond substituents is 1. The molecule has 1 aromatic heterocycles. The van der Waals surface area contributed by atoms with Crippen LogP contribution in [0.15, 0.2) is 30.5 Å². The Kier molecular flexibility index (Phi) is 4.33. The van der Waals surface area contributed by atoms with Gasteiger partial charge in [-0.05, 0) is 54.8 Å². The molecule has 1 saturated heterocycles. The van der Waals surface area contributed by atoms with E-state index in [0.717, 1.165) is 37.7 Å². The van der Waals surface area contributed by atoms with E-state index in [0.29, 0.717) is 5.92 Å². The van der Waals surface area contributed by atoms with E-state index in [-0.39, 0.29) is 22.9 Å². The molecule has 1 aromatic carbocycles. The van der Waals surface area contributed by atoms with Crippen molar-refractivity contribution in [1.29, 1.82) is 0 Å². The largest absolute Gasteiger partial charge is 0.508 e. The minimum atomic E-state index is -1.33. The van der Waals surface area contributed by atoms with Crippen molar-refractivity contribution in [2.45, 2.75) is 24.9 Å². The van der Waals surface area contributed by atoms with Crippen LogP contribution in [-0.4, -0.2) is 44.9 Å². The summed E-state index contributed by atoms with van der Waals surface area (Å²) < 4.78 is 26.7. The van der Waals surface area contributed by atoms with Gasteiger partial charge in [0.15, 0.2) is 6.17 Å². The SMILES string of the molecule is Oc1cccc(C2CCN(CC(F)c3cn(F)nn3)CC2)c1. The summed E-state index contributed by atoms with van der Waals surface area (Å²) in [6.45, 7) is 1.74. The van der Waals surface area contributed by atoms with E-state index in [1.54, 1.807) is 12.1 Å². The van der Waals surface area contributed by atoms with Crippen molar-refractivity contribution >= 4 is 0 Å². The molecule has 22 heavy (non-hydrogen) atoms. The first kappa shape index (κ1) is 14.9. The lowest BCUT2D eigenvalue weighted by atomic mass is 9.89. The van der Waals surface area contributed by atoms with Gasteiger partial charge in [0.25, 0.3) is 0 Å². The zero-order valence-corrected chi connectivity index (χ0v) is 12.1. The molecule has 0 saturated carbocycles. The third kappa shape index (κ3) is 3.41. The van der Waals surface area contributed by atoms with Gasteiger partial charge in [-0.15, -0.1) is 5.10 Å². The lowest BCUT2D eigenvalue weighted by molar-refractivity contribution is 0.156. The zero-order valence-electron chi connectivity index (χ0n) is 12.1. The highest BCUT2D eigenvalue weighted by Gasteiger charge is 2.24. The second-order valence-corrected chi connectivity index (χ2v) is 5.67. The summed E-state index contributed by atoms with van der Waals surface area (Å²) in [4.78, 5) is 2.04. The first-order valence-electron chi connectivity index (χ1n) is 7.35. The number of aromatic nitrogens is 3. The number of likely N-dealkylation sites (tertiary alicyclic amines) is 1. The smallest absolute Gasteiger partial charge is 0.158 e. The topological polar surface area (TPSA) is 54.2 Å². The molecule has 2 heterocycles. The highest BCUT2D eigenvalue weighted by atomic mass is 19.2. The van der Waals surface area contributed by atoms with Crippen molar-refractivity contribution in [3.63, 3.8) is 0 Å². The summed E-state index contributed by atoms with van der Waals surface area (Å²) in [7, 11) is 0. The van der Waals surface area contributed by atoms with Gasteiger partial charge in [0.1, 0.15) is 11.4 Å². The van der Waals surface area contributed by atoms with Crippen LogP contribution in [0.25, 0.3) is 0 Å². The summed E-state index contributed by atoms with van der Waals surface area (Å²) in [5, 5.41) is 16.1. The summed E-state index contributed by atoms with van der Waals surface area (Å²) in [5.41, 5.74) is 1.15. The highest BCUT2D eigenvalue weighted by Crippen LogP contribution is 2.30. The number of piperidine rings is 1. The molecule has 1 N–H and O–H groups in total. The molecular weight excluding hydrogens is 290 g/mol. The van der Waals surface area contributed by atoms with Gasteiger partial charge in [0.05, 0.1) is 6.20 Å². The Bertz CT molecular complexity index is 626. The first-order chi connectivity index (χ1) is 10.6. The van der Waals surface area contributed by atoms with E-state index in [1.807, 2.05) is 17.0 Å². The van der Waals surface area contributed by atoms with Gasteiger partial charge in [-0.2, -0.15) is 0 Å². The van der Waals surface area contributed by atoms with E-state index < -0.39 is 6.17 Å². The van der Waals surface area contributed by atoms with Crippen LogP contribution in [-0.2, 0) is 0 Å². The van der Waals surface area contributed by atoms with Crippen LogP contribution in [0.5, 0.6) is 5.75 Å². The van der Waals surface area contributed by atoms with E-state index in [4.69, 9.17) is 0 Å². The molecule has 7 heteroatoms. The number of hydrogen-bond donors (Lipinski definition) is 1. The Balaban J connectivity index is 1.53. The zero-order chi connectivity index (χ0) is 15.5. The Morgan fingerprint density at radius 2 is 2.09 bits per heavy atom. The standard InChI is InChI=1S/C15H18F2N4O/c16-14(15-10-21(17)19-18-15)9-20-6-4-11(5-7-20)12-2-1-3-13(22)8-12/h1-3,8,10-11,14,22H,4-7,9H2. The molecule has 1 atom stereocenters. The van der Waals surface area contributed by atoms with Crippen molar-refractivity contribution in [2.75, 3.05) is 19.6 Å². The molecule has 1 aliphatic heterocycles. The highest BCUT2D eigenvalue weighted by molar-refractivity contribution is 5.30. The molecule has 0 aliphatic carbocycles. The van der Waals surface area contributed by atoms with Crippen molar-refractivity contribution in [1.82, 2.24) is 20.1 Å². The second kappa shape index (κ2) is 6.39. The number of rotatable bonds is 4. The predicted octanol–water partition coefficient (Wildman–Crippen LogP) is 2.61. The average Bonchev–Trinajstić information content (AvgIpc) is 2.95.